The molecular formula is C9H6ClN5O3. The zero-order chi connectivity index (χ0) is 13.1. The van der Waals surface area contributed by atoms with Crippen LogP contribution in [-0.4, -0.2) is 26.0 Å². The van der Waals surface area contributed by atoms with Crippen molar-refractivity contribution >= 4 is 29.0 Å². The molecule has 0 saturated heterocycles. The average Bonchev–Trinajstić information content (AvgIpc) is 2.81. The van der Waals surface area contributed by atoms with Gasteiger partial charge in [0.05, 0.1) is 11.1 Å². The van der Waals surface area contributed by atoms with Crippen molar-refractivity contribution in [3.8, 4) is 0 Å². The summed E-state index contributed by atoms with van der Waals surface area (Å²) < 4.78 is 0. The molecule has 8 nitrogen and oxygen atoms in total. The Labute approximate surface area is 105 Å². The van der Waals surface area contributed by atoms with Gasteiger partial charge < -0.3 is 10.3 Å². The van der Waals surface area contributed by atoms with Gasteiger partial charge in [-0.2, -0.15) is 0 Å². The fourth-order valence-corrected chi connectivity index (χ4v) is 1.29. The van der Waals surface area contributed by atoms with Crippen LogP contribution in [0.15, 0.2) is 24.4 Å². The fraction of sp³-hybridized carbons (Fsp3) is 0. The summed E-state index contributed by atoms with van der Waals surface area (Å²) in [6.07, 6.45) is 1.13. The van der Waals surface area contributed by atoms with Gasteiger partial charge in [-0.1, -0.05) is 11.6 Å². The number of nitro groups is 1. The second-order valence-corrected chi connectivity index (χ2v) is 3.61. The smallest absolute Gasteiger partial charge is 0.287 e. The van der Waals surface area contributed by atoms with E-state index >= 15 is 0 Å². The molecular weight excluding hydrogens is 262 g/mol. The third-order valence-electron chi connectivity index (χ3n) is 2.00. The highest BCUT2D eigenvalue weighted by atomic mass is 35.5. The van der Waals surface area contributed by atoms with Gasteiger partial charge in [-0.05, 0) is 12.1 Å². The van der Waals surface area contributed by atoms with Gasteiger partial charge in [0.1, 0.15) is 5.69 Å². The molecule has 0 atom stereocenters. The van der Waals surface area contributed by atoms with Gasteiger partial charge in [0.25, 0.3) is 11.6 Å². The minimum atomic E-state index is -0.602. The lowest BCUT2D eigenvalue weighted by Gasteiger charge is -2.00. The van der Waals surface area contributed by atoms with Gasteiger partial charge in [-0.25, -0.2) is 0 Å². The van der Waals surface area contributed by atoms with Gasteiger partial charge in [-0.3, -0.25) is 14.9 Å². The molecule has 2 aromatic rings. The van der Waals surface area contributed by atoms with Crippen LogP contribution in [0.5, 0.6) is 0 Å². The third-order valence-corrected chi connectivity index (χ3v) is 2.20. The minimum absolute atomic E-state index is 0.0541. The number of aromatic amines is 1. The number of anilines is 1. The van der Waals surface area contributed by atoms with Crippen LogP contribution < -0.4 is 5.32 Å². The van der Waals surface area contributed by atoms with E-state index < -0.39 is 10.8 Å². The van der Waals surface area contributed by atoms with Crippen LogP contribution in [0.3, 0.4) is 0 Å². The van der Waals surface area contributed by atoms with Crippen LogP contribution >= 0.6 is 11.6 Å². The van der Waals surface area contributed by atoms with E-state index in [1.54, 1.807) is 0 Å². The van der Waals surface area contributed by atoms with Gasteiger partial charge in [-0.15, -0.1) is 10.2 Å². The average molecular weight is 268 g/mol. The molecule has 2 rings (SSSR count). The third kappa shape index (κ3) is 2.61. The first-order valence-corrected chi connectivity index (χ1v) is 5.07. The molecule has 0 aromatic carbocycles. The highest BCUT2D eigenvalue weighted by Gasteiger charge is 2.14. The summed E-state index contributed by atoms with van der Waals surface area (Å²) in [6, 6.07) is 4.05. The SMILES string of the molecule is O=C(Nc1ccc(Cl)nn1)c1cc([N+](=O)[O-])c[nH]1. The molecule has 0 aliphatic carbocycles. The molecule has 0 saturated carbocycles. The van der Waals surface area contributed by atoms with Crippen molar-refractivity contribution in [1.29, 1.82) is 0 Å². The number of aromatic nitrogens is 3. The normalized spacial score (nSPS) is 10.1. The number of hydrogen-bond acceptors (Lipinski definition) is 5. The maximum atomic E-state index is 11.7. The molecule has 2 heterocycles. The molecule has 0 aliphatic rings. The molecule has 0 radical (unpaired) electrons. The summed E-state index contributed by atoms with van der Waals surface area (Å²) in [7, 11) is 0. The second kappa shape index (κ2) is 4.80. The van der Waals surface area contributed by atoms with Crippen molar-refractivity contribution in [2.45, 2.75) is 0 Å². The standard InChI is InChI=1S/C9H6ClN5O3/c10-7-1-2-8(14-13-7)12-9(16)6-3-5(4-11-6)15(17)18/h1-4,11H,(H,12,14,16). The number of nitrogens with zero attached hydrogens (tertiary/aromatic N) is 3. The number of H-pyrrole nitrogens is 1. The molecule has 18 heavy (non-hydrogen) atoms. The molecule has 0 spiro atoms. The molecule has 2 N–H and O–H groups in total. The van der Waals surface area contributed by atoms with Crippen LogP contribution in [0.4, 0.5) is 11.5 Å². The Balaban J connectivity index is 2.11. The Morgan fingerprint density at radius 3 is 2.78 bits per heavy atom. The quantitative estimate of drug-likeness (QED) is 0.648. The van der Waals surface area contributed by atoms with Crippen molar-refractivity contribution in [3.63, 3.8) is 0 Å². The van der Waals surface area contributed by atoms with Gasteiger partial charge in [0.2, 0.25) is 0 Å². The van der Waals surface area contributed by atoms with Crippen LogP contribution in [0.25, 0.3) is 0 Å². The van der Waals surface area contributed by atoms with E-state index in [4.69, 9.17) is 11.6 Å². The monoisotopic (exact) mass is 267 g/mol. The van der Waals surface area contributed by atoms with Crippen molar-refractivity contribution < 1.29 is 9.72 Å². The number of rotatable bonds is 3. The van der Waals surface area contributed by atoms with E-state index in [0.29, 0.717) is 0 Å². The van der Waals surface area contributed by atoms with E-state index in [1.165, 1.54) is 12.1 Å². The molecule has 9 heteroatoms. The molecule has 92 valence electrons. The molecule has 2 aromatic heterocycles. The lowest BCUT2D eigenvalue weighted by molar-refractivity contribution is -0.384. The van der Waals surface area contributed by atoms with E-state index in [0.717, 1.165) is 12.3 Å². The predicted octanol–water partition coefficient (Wildman–Crippen LogP) is 1.62. The summed E-state index contributed by atoms with van der Waals surface area (Å²) in [5, 5.41) is 20.2. The first-order chi connectivity index (χ1) is 8.56. The Hall–Kier alpha value is -2.48. The Morgan fingerprint density at radius 1 is 1.44 bits per heavy atom. The Kier molecular flexibility index (Phi) is 3.20. The second-order valence-electron chi connectivity index (χ2n) is 3.22. The van der Waals surface area contributed by atoms with Crippen LogP contribution in [0.2, 0.25) is 5.15 Å². The van der Waals surface area contributed by atoms with E-state index in [2.05, 4.69) is 20.5 Å². The van der Waals surface area contributed by atoms with E-state index in [1.807, 2.05) is 0 Å². The number of carbonyl (C=O) groups is 1. The van der Waals surface area contributed by atoms with Crippen molar-refractivity contribution in [3.05, 3.63) is 45.4 Å². The largest absolute Gasteiger partial charge is 0.351 e. The van der Waals surface area contributed by atoms with Crippen molar-refractivity contribution in [2.24, 2.45) is 0 Å². The number of hydrogen-bond donors (Lipinski definition) is 2. The maximum absolute atomic E-state index is 11.7. The summed E-state index contributed by atoms with van der Waals surface area (Å²) >= 11 is 5.54. The topological polar surface area (TPSA) is 114 Å². The Bertz CT molecular complexity index is 595. The van der Waals surface area contributed by atoms with Crippen LogP contribution in [0, 0.1) is 10.1 Å². The van der Waals surface area contributed by atoms with Crippen LogP contribution in [0.1, 0.15) is 10.5 Å². The summed E-state index contributed by atoms with van der Waals surface area (Å²) in [6.45, 7) is 0. The number of nitrogens with one attached hydrogen (secondary N) is 2. The summed E-state index contributed by atoms with van der Waals surface area (Å²) in [4.78, 5) is 24.0. The first kappa shape index (κ1) is 12.0. The Morgan fingerprint density at radius 2 is 2.22 bits per heavy atom. The highest BCUT2D eigenvalue weighted by Crippen LogP contribution is 2.13. The van der Waals surface area contributed by atoms with Crippen molar-refractivity contribution in [1.82, 2.24) is 15.2 Å². The molecule has 1 amide bonds. The van der Waals surface area contributed by atoms with Gasteiger partial charge >= 0.3 is 0 Å². The number of amides is 1. The lowest BCUT2D eigenvalue weighted by atomic mass is 10.4. The molecule has 0 bridgehead atoms. The molecule has 0 fully saturated rings. The van der Waals surface area contributed by atoms with Gasteiger partial charge in [0.15, 0.2) is 11.0 Å². The lowest BCUT2D eigenvalue weighted by Crippen LogP contribution is -2.13. The van der Waals surface area contributed by atoms with Crippen molar-refractivity contribution in [2.75, 3.05) is 5.32 Å². The zero-order valence-electron chi connectivity index (χ0n) is 8.75. The predicted molar refractivity (Wildman–Crippen MR) is 62.4 cm³/mol. The summed E-state index contributed by atoms with van der Waals surface area (Å²) in [5.41, 5.74) is -0.138. The zero-order valence-corrected chi connectivity index (χ0v) is 9.51. The summed E-state index contributed by atoms with van der Waals surface area (Å²) in [5.74, 6) is -0.360. The maximum Gasteiger partial charge on any atom is 0.287 e. The van der Waals surface area contributed by atoms with E-state index in [9.17, 15) is 14.9 Å². The minimum Gasteiger partial charge on any atom is -0.351 e. The van der Waals surface area contributed by atoms with Crippen LogP contribution in [-0.2, 0) is 0 Å². The first-order valence-electron chi connectivity index (χ1n) is 4.69. The highest BCUT2D eigenvalue weighted by molar-refractivity contribution is 6.29. The van der Waals surface area contributed by atoms with E-state index in [-0.39, 0.29) is 22.4 Å². The number of carbonyl (C=O) groups excluding carboxylic acids is 1. The number of halogens is 1. The van der Waals surface area contributed by atoms with Gasteiger partial charge in [0, 0.05) is 6.07 Å². The molecule has 0 unspecified atom stereocenters. The molecule has 0 aliphatic heterocycles. The fourth-order valence-electron chi connectivity index (χ4n) is 1.19.